The minimum atomic E-state index is -0.337. The first-order valence-electron chi connectivity index (χ1n) is 10.4. The lowest BCUT2D eigenvalue weighted by Crippen LogP contribution is -2.39. The first-order valence-corrected chi connectivity index (χ1v) is 11.3. The number of carbonyl (C=O) groups excluding carboxylic acids is 1. The van der Waals surface area contributed by atoms with Crippen molar-refractivity contribution in [2.45, 2.75) is 31.3 Å². The molecule has 3 aromatic rings. The Hall–Kier alpha value is -2.93. The number of benzene rings is 1. The summed E-state index contributed by atoms with van der Waals surface area (Å²) in [5, 5.41) is 6.46. The minimum Gasteiger partial charge on any atom is -0.441 e. The number of ether oxygens (including phenoxy) is 1. The van der Waals surface area contributed by atoms with E-state index in [4.69, 9.17) is 4.74 Å². The Kier molecular flexibility index (Phi) is 5.12. The lowest BCUT2D eigenvalue weighted by molar-refractivity contribution is 0.0148. The highest BCUT2D eigenvalue weighted by Gasteiger charge is 2.47. The molecule has 0 bridgehead atoms. The zero-order valence-corrected chi connectivity index (χ0v) is 17.5. The van der Waals surface area contributed by atoms with Crippen molar-refractivity contribution >= 4 is 28.2 Å². The van der Waals surface area contributed by atoms with E-state index in [2.05, 4.69) is 15.3 Å². The molecule has 5 rings (SSSR count). The summed E-state index contributed by atoms with van der Waals surface area (Å²) >= 11 is 1.61. The number of thiazole rings is 1. The van der Waals surface area contributed by atoms with Crippen LogP contribution in [0.25, 0.3) is 11.4 Å². The van der Waals surface area contributed by atoms with Gasteiger partial charge in [0.25, 0.3) is 0 Å². The first kappa shape index (κ1) is 19.1. The second-order valence-electron chi connectivity index (χ2n) is 8.05. The van der Waals surface area contributed by atoms with Crippen molar-refractivity contribution in [1.82, 2.24) is 9.97 Å². The van der Waals surface area contributed by atoms with Gasteiger partial charge in [-0.05, 0) is 55.9 Å². The molecule has 154 valence electrons. The lowest BCUT2D eigenvalue weighted by atomic mass is 9.78. The van der Waals surface area contributed by atoms with Gasteiger partial charge < -0.3 is 10.1 Å². The molecule has 1 amide bonds. The van der Waals surface area contributed by atoms with E-state index >= 15 is 0 Å². The van der Waals surface area contributed by atoms with Crippen LogP contribution >= 0.6 is 11.3 Å². The summed E-state index contributed by atoms with van der Waals surface area (Å²) in [6, 6.07) is 15.6. The largest absolute Gasteiger partial charge is 0.441 e. The van der Waals surface area contributed by atoms with Crippen LogP contribution in [0.3, 0.4) is 0 Å². The Balaban J connectivity index is 1.15. The van der Waals surface area contributed by atoms with Crippen LogP contribution in [-0.4, -0.2) is 34.8 Å². The highest BCUT2D eigenvalue weighted by molar-refractivity contribution is 7.14. The fraction of sp³-hybridized carbons (Fsp3) is 0.348. The fourth-order valence-corrected chi connectivity index (χ4v) is 5.03. The van der Waals surface area contributed by atoms with E-state index < -0.39 is 0 Å². The van der Waals surface area contributed by atoms with Gasteiger partial charge >= 0.3 is 6.09 Å². The molecular weight excluding hydrogens is 396 g/mol. The van der Waals surface area contributed by atoms with Gasteiger partial charge in [-0.3, -0.25) is 9.88 Å². The van der Waals surface area contributed by atoms with Gasteiger partial charge in [0.15, 0.2) is 5.13 Å². The number of amides is 1. The normalized spacial score (nSPS) is 23.5. The molecule has 0 radical (unpaired) electrons. The van der Waals surface area contributed by atoms with E-state index in [1.807, 2.05) is 53.9 Å². The van der Waals surface area contributed by atoms with E-state index in [-0.39, 0.29) is 11.7 Å². The van der Waals surface area contributed by atoms with Crippen molar-refractivity contribution in [2.75, 3.05) is 23.3 Å². The van der Waals surface area contributed by atoms with Gasteiger partial charge in [0.1, 0.15) is 11.3 Å². The summed E-state index contributed by atoms with van der Waals surface area (Å²) < 4.78 is 5.87. The maximum Gasteiger partial charge on any atom is 0.415 e. The highest BCUT2D eigenvalue weighted by atomic mass is 32.1. The van der Waals surface area contributed by atoms with E-state index in [0.29, 0.717) is 12.5 Å². The van der Waals surface area contributed by atoms with Gasteiger partial charge in [-0.1, -0.05) is 24.3 Å². The first-order chi connectivity index (χ1) is 14.7. The number of pyridine rings is 1. The Morgan fingerprint density at radius 1 is 1.10 bits per heavy atom. The van der Waals surface area contributed by atoms with Crippen LogP contribution in [0.1, 0.15) is 25.7 Å². The average Bonchev–Trinajstić information content (AvgIpc) is 3.39. The van der Waals surface area contributed by atoms with Crippen LogP contribution in [0.4, 0.5) is 15.6 Å². The number of hydrogen-bond acceptors (Lipinski definition) is 6. The number of para-hydroxylation sites is 1. The van der Waals surface area contributed by atoms with E-state index in [9.17, 15) is 4.79 Å². The Bertz CT molecular complexity index is 1000. The molecule has 1 spiro atoms. The van der Waals surface area contributed by atoms with Gasteiger partial charge in [0, 0.05) is 23.8 Å². The van der Waals surface area contributed by atoms with Crippen molar-refractivity contribution in [2.24, 2.45) is 5.92 Å². The van der Waals surface area contributed by atoms with Gasteiger partial charge in [-0.25, -0.2) is 9.78 Å². The predicted octanol–water partition coefficient (Wildman–Crippen LogP) is 5.20. The molecule has 3 heterocycles. The predicted molar refractivity (Wildman–Crippen MR) is 119 cm³/mol. The molecule has 1 saturated carbocycles. The maximum absolute atomic E-state index is 12.4. The molecule has 0 unspecified atom stereocenters. The number of carbonyl (C=O) groups is 1. The van der Waals surface area contributed by atoms with Crippen LogP contribution in [0.2, 0.25) is 0 Å². The third kappa shape index (κ3) is 3.89. The highest BCUT2D eigenvalue weighted by Crippen LogP contribution is 2.40. The van der Waals surface area contributed by atoms with Crippen molar-refractivity contribution in [3.8, 4) is 11.4 Å². The molecule has 2 aliphatic rings. The molecule has 0 atom stereocenters. The molecular formula is C23H24N4O2S. The van der Waals surface area contributed by atoms with Crippen molar-refractivity contribution in [3.63, 3.8) is 0 Å². The lowest BCUT2D eigenvalue weighted by Gasteiger charge is -2.35. The molecule has 1 aliphatic carbocycles. The quantitative estimate of drug-likeness (QED) is 0.614. The molecule has 2 fully saturated rings. The standard InChI is InChI=1S/C23H24N4O2S/c28-22-27(18-6-2-1-3-7-18)16-23(29-22)11-9-17(10-12-23)14-25-21-26-20(15-30-21)19-8-4-5-13-24-19/h1-8,13,15,17H,9-12,14,16H2,(H,25,26)/t17-,23-. The number of hydrogen-bond donors (Lipinski definition) is 1. The number of anilines is 2. The smallest absolute Gasteiger partial charge is 0.415 e. The third-order valence-electron chi connectivity index (χ3n) is 6.03. The molecule has 1 N–H and O–H groups in total. The van der Waals surface area contributed by atoms with E-state index in [1.54, 1.807) is 22.4 Å². The van der Waals surface area contributed by atoms with Crippen LogP contribution in [0.15, 0.2) is 60.1 Å². The van der Waals surface area contributed by atoms with Crippen molar-refractivity contribution < 1.29 is 9.53 Å². The zero-order chi connectivity index (χ0) is 20.4. The van der Waals surface area contributed by atoms with Gasteiger partial charge in [0.2, 0.25) is 0 Å². The zero-order valence-electron chi connectivity index (χ0n) is 16.7. The van der Waals surface area contributed by atoms with Crippen LogP contribution in [0.5, 0.6) is 0 Å². The van der Waals surface area contributed by atoms with E-state index in [1.165, 1.54) is 0 Å². The molecule has 1 aliphatic heterocycles. The summed E-state index contributed by atoms with van der Waals surface area (Å²) in [4.78, 5) is 23.2. The monoisotopic (exact) mass is 420 g/mol. The topological polar surface area (TPSA) is 67.3 Å². The van der Waals surface area contributed by atoms with E-state index in [0.717, 1.165) is 54.4 Å². The number of aromatic nitrogens is 2. The molecule has 1 aromatic carbocycles. The fourth-order valence-electron chi connectivity index (χ4n) is 4.32. The molecule has 2 aromatic heterocycles. The van der Waals surface area contributed by atoms with Crippen molar-refractivity contribution in [1.29, 1.82) is 0 Å². The van der Waals surface area contributed by atoms with Gasteiger partial charge in [-0.2, -0.15) is 0 Å². The Morgan fingerprint density at radius 2 is 1.90 bits per heavy atom. The summed E-state index contributed by atoms with van der Waals surface area (Å²) in [7, 11) is 0. The average molecular weight is 421 g/mol. The number of nitrogens with one attached hydrogen (secondary N) is 1. The summed E-state index contributed by atoms with van der Waals surface area (Å²) in [6.45, 7) is 1.54. The maximum atomic E-state index is 12.4. The second kappa shape index (κ2) is 8.07. The number of nitrogens with zero attached hydrogens (tertiary/aromatic N) is 3. The second-order valence-corrected chi connectivity index (χ2v) is 8.91. The van der Waals surface area contributed by atoms with Crippen LogP contribution in [0, 0.1) is 5.92 Å². The number of rotatable bonds is 5. The third-order valence-corrected chi connectivity index (χ3v) is 6.83. The Morgan fingerprint density at radius 3 is 2.67 bits per heavy atom. The van der Waals surface area contributed by atoms with Crippen LogP contribution in [-0.2, 0) is 4.74 Å². The molecule has 7 heteroatoms. The van der Waals surface area contributed by atoms with Crippen molar-refractivity contribution in [3.05, 3.63) is 60.1 Å². The van der Waals surface area contributed by atoms with Gasteiger partial charge in [-0.15, -0.1) is 11.3 Å². The minimum absolute atomic E-state index is 0.220. The van der Waals surface area contributed by atoms with Gasteiger partial charge in [0.05, 0.1) is 12.2 Å². The molecule has 6 nitrogen and oxygen atoms in total. The Labute approximate surface area is 179 Å². The summed E-state index contributed by atoms with van der Waals surface area (Å²) in [5.41, 5.74) is 2.38. The SMILES string of the molecule is O=C1O[C@]2(CC[C@H](CNc3nc(-c4ccccn4)cs3)CC2)CN1c1ccccc1. The molecule has 30 heavy (non-hydrogen) atoms. The van der Waals surface area contributed by atoms with Crippen LogP contribution < -0.4 is 10.2 Å². The summed E-state index contributed by atoms with van der Waals surface area (Å²) in [6.07, 6.45) is 5.47. The molecule has 1 saturated heterocycles. The summed E-state index contributed by atoms with van der Waals surface area (Å²) in [5.74, 6) is 0.558.